The van der Waals surface area contributed by atoms with Crippen LogP contribution in [0.25, 0.3) is 5.76 Å². The van der Waals surface area contributed by atoms with Crippen molar-refractivity contribution in [3.8, 4) is 17.2 Å². The molecule has 7 heteroatoms. The monoisotopic (exact) mass is 487 g/mol. The van der Waals surface area contributed by atoms with Crippen molar-refractivity contribution in [2.75, 3.05) is 27.9 Å². The number of amides is 1. The molecule has 0 radical (unpaired) electrons. The first kappa shape index (κ1) is 24.9. The molecule has 1 aliphatic heterocycles. The molecule has 186 valence electrons. The minimum atomic E-state index is -0.715. The highest BCUT2D eigenvalue weighted by Gasteiger charge is 2.45. The number of ether oxygens (including phenoxy) is 3. The van der Waals surface area contributed by atoms with Gasteiger partial charge in [0.25, 0.3) is 11.7 Å². The molecule has 0 spiro atoms. The fraction of sp³-hybridized carbons (Fsp3) is 0.241. The minimum absolute atomic E-state index is 0.0707. The molecule has 0 aromatic heterocycles. The average molecular weight is 488 g/mol. The zero-order valence-electron chi connectivity index (χ0n) is 20.8. The number of hydrogen-bond donors (Lipinski definition) is 1. The number of benzene rings is 3. The van der Waals surface area contributed by atoms with Crippen LogP contribution in [-0.4, -0.2) is 49.6 Å². The molecule has 1 saturated heterocycles. The third-order valence-corrected chi connectivity index (χ3v) is 6.39. The number of ketones is 1. The normalized spacial score (nSPS) is 16.8. The van der Waals surface area contributed by atoms with E-state index in [2.05, 4.69) is 0 Å². The maximum atomic E-state index is 13.2. The Morgan fingerprint density at radius 1 is 0.861 bits per heavy atom. The van der Waals surface area contributed by atoms with E-state index < -0.39 is 17.7 Å². The number of aryl methyl sites for hydroxylation is 1. The predicted octanol–water partition coefficient (Wildman–Crippen LogP) is 4.69. The van der Waals surface area contributed by atoms with E-state index in [0.29, 0.717) is 29.2 Å². The van der Waals surface area contributed by atoms with E-state index in [9.17, 15) is 14.7 Å². The summed E-state index contributed by atoms with van der Waals surface area (Å²) in [6, 6.07) is 19.2. The van der Waals surface area contributed by atoms with Crippen molar-refractivity contribution >= 4 is 17.4 Å². The second kappa shape index (κ2) is 10.6. The van der Waals surface area contributed by atoms with Gasteiger partial charge in [-0.15, -0.1) is 0 Å². The van der Waals surface area contributed by atoms with Gasteiger partial charge in [0, 0.05) is 12.1 Å². The van der Waals surface area contributed by atoms with E-state index in [1.54, 1.807) is 45.6 Å². The summed E-state index contributed by atoms with van der Waals surface area (Å²) < 4.78 is 15.9. The maximum absolute atomic E-state index is 13.2. The molecule has 1 aliphatic rings. The van der Waals surface area contributed by atoms with Gasteiger partial charge in [-0.3, -0.25) is 9.59 Å². The SMILES string of the molecule is COc1ccc(C(O)=C2C(=O)C(=O)N(CCc3ccc(OC)c(OC)c3)[C@@H]2c2ccc(C)cc2)cc1. The molecule has 0 saturated carbocycles. The summed E-state index contributed by atoms with van der Waals surface area (Å²) in [4.78, 5) is 28.0. The zero-order valence-corrected chi connectivity index (χ0v) is 20.8. The fourth-order valence-corrected chi connectivity index (χ4v) is 4.40. The molecule has 0 aliphatic carbocycles. The number of carbonyl (C=O) groups is 2. The number of Topliss-reactive ketones (excluding diaryl/α,β-unsaturated/α-hetero) is 1. The fourth-order valence-electron chi connectivity index (χ4n) is 4.40. The van der Waals surface area contributed by atoms with Gasteiger partial charge in [0.2, 0.25) is 0 Å². The molecule has 1 N–H and O–H groups in total. The molecule has 36 heavy (non-hydrogen) atoms. The molecule has 3 aromatic carbocycles. The van der Waals surface area contributed by atoms with Gasteiger partial charge in [-0.2, -0.15) is 0 Å². The summed E-state index contributed by atoms with van der Waals surface area (Å²) in [5, 5.41) is 11.2. The molecule has 0 bridgehead atoms. The Hall–Kier alpha value is -4.26. The highest BCUT2D eigenvalue weighted by molar-refractivity contribution is 6.46. The number of likely N-dealkylation sites (tertiary alicyclic amines) is 1. The molecular weight excluding hydrogens is 458 g/mol. The van der Waals surface area contributed by atoms with Crippen LogP contribution in [0.1, 0.15) is 28.3 Å². The van der Waals surface area contributed by atoms with Crippen LogP contribution in [0.2, 0.25) is 0 Å². The third-order valence-electron chi connectivity index (χ3n) is 6.39. The van der Waals surface area contributed by atoms with E-state index in [1.807, 2.05) is 49.4 Å². The zero-order chi connectivity index (χ0) is 25.8. The Labute approximate surface area is 210 Å². The van der Waals surface area contributed by atoms with Crippen molar-refractivity contribution in [2.45, 2.75) is 19.4 Å². The Bertz CT molecular complexity index is 1290. The summed E-state index contributed by atoms with van der Waals surface area (Å²) in [5.41, 5.74) is 3.23. The smallest absolute Gasteiger partial charge is 0.295 e. The number of carbonyl (C=O) groups excluding carboxylic acids is 2. The lowest BCUT2D eigenvalue weighted by Gasteiger charge is -2.25. The van der Waals surface area contributed by atoms with Gasteiger partial charge in [0.05, 0.1) is 32.9 Å². The van der Waals surface area contributed by atoms with Gasteiger partial charge in [0.1, 0.15) is 11.5 Å². The number of methoxy groups -OCH3 is 3. The first-order valence-corrected chi connectivity index (χ1v) is 11.6. The van der Waals surface area contributed by atoms with Gasteiger partial charge in [-0.25, -0.2) is 0 Å². The van der Waals surface area contributed by atoms with E-state index in [4.69, 9.17) is 14.2 Å². The third kappa shape index (κ3) is 4.77. The average Bonchev–Trinajstić information content (AvgIpc) is 3.16. The summed E-state index contributed by atoms with van der Waals surface area (Å²) >= 11 is 0. The van der Waals surface area contributed by atoms with Crippen molar-refractivity contribution in [1.29, 1.82) is 0 Å². The lowest BCUT2D eigenvalue weighted by atomic mass is 9.94. The maximum Gasteiger partial charge on any atom is 0.295 e. The number of rotatable bonds is 8. The van der Waals surface area contributed by atoms with Gasteiger partial charge < -0.3 is 24.2 Å². The highest BCUT2D eigenvalue weighted by Crippen LogP contribution is 2.40. The van der Waals surface area contributed by atoms with Crippen LogP contribution in [0.3, 0.4) is 0 Å². The Morgan fingerprint density at radius 2 is 1.53 bits per heavy atom. The second-order valence-electron chi connectivity index (χ2n) is 8.57. The number of hydrogen-bond acceptors (Lipinski definition) is 6. The number of nitrogens with zero attached hydrogens (tertiary/aromatic N) is 1. The van der Waals surface area contributed by atoms with Crippen LogP contribution in [-0.2, 0) is 16.0 Å². The summed E-state index contributed by atoms with van der Waals surface area (Å²) in [6.07, 6.45) is 0.484. The molecule has 4 rings (SSSR count). The van der Waals surface area contributed by atoms with Crippen molar-refractivity contribution in [1.82, 2.24) is 4.90 Å². The molecule has 1 amide bonds. The van der Waals surface area contributed by atoms with Crippen LogP contribution in [0.15, 0.2) is 72.3 Å². The van der Waals surface area contributed by atoms with Crippen LogP contribution in [0.5, 0.6) is 17.2 Å². The first-order chi connectivity index (χ1) is 17.4. The first-order valence-electron chi connectivity index (χ1n) is 11.6. The summed E-state index contributed by atoms with van der Waals surface area (Å²) in [7, 11) is 4.69. The van der Waals surface area contributed by atoms with E-state index in [1.165, 1.54) is 4.90 Å². The van der Waals surface area contributed by atoms with E-state index in [0.717, 1.165) is 16.7 Å². The standard InChI is InChI=1S/C29H29NO6/c1-18-5-8-20(9-6-18)26-25(27(31)21-10-12-22(34-2)13-11-21)28(32)29(33)30(26)16-15-19-7-14-23(35-3)24(17-19)36-4/h5-14,17,26,31H,15-16H2,1-4H3/t26-/m1/s1. The Morgan fingerprint density at radius 3 is 2.14 bits per heavy atom. The molecule has 1 fully saturated rings. The number of aliphatic hydroxyl groups excluding tert-OH is 1. The lowest BCUT2D eigenvalue weighted by molar-refractivity contribution is -0.139. The van der Waals surface area contributed by atoms with Gasteiger partial charge in [0.15, 0.2) is 11.5 Å². The van der Waals surface area contributed by atoms with Gasteiger partial charge in [-0.05, 0) is 60.9 Å². The van der Waals surface area contributed by atoms with Crippen LogP contribution >= 0.6 is 0 Å². The molecule has 7 nitrogen and oxygen atoms in total. The van der Waals surface area contributed by atoms with E-state index in [-0.39, 0.29) is 17.9 Å². The van der Waals surface area contributed by atoms with Crippen LogP contribution in [0.4, 0.5) is 0 Å². The molecule has 1 heterocycles. The topological polar surface area (TPSA) is 85.3 Å². The Kier molecular flexibility index (Phi) is 7.29. The highest BCUT2D eigenvalue weighted by atomic mass is 16.5. The minimum Gasteiger partial charge on any atom is -0.507 e. The predicted molar refractivity (Wildman–Crippen MR) is 136 cm³/mol. The largest absolute Gasteiger partial charge is 0.507 e. The lowest BCUT2D eigenvalue weighted by Crippen LogP contribution is -2.31. The summed E-state index contributed by atoms with van der Waals surface area (Å²) in [6.45, 7) is 2.24. The molecule has 0 unspecified atom stereocenters. The van der Waals surface area contributed by atoms with E-state index >= 15 is 0 Å². The van der Waals surface area contributed by atoms with Gasteiger partial charge >= 0.3 is 0 Å². The molecule has 1 atom stereocenters. The van der Waals surface area contributed by atoms with Gasteiger partial charge in [-0.1, -0.05) is 35.9 Å². The summed E-state index contributed by atoms with van der Waals surface area (Å²) in [5.74, 6) is 0.261. The molecular formula is C29H29NO6. The number of aliphatic hydroxyl groups is 1. The van der Waals surface area contributed by atoms with Crippen molar-refractivity contribution < 1.29 is 28.9 Å². The van der Waals surface area contributed by atoms with Crippen molar-refractivity contribution in [3.05, 3.63) is 94.6 Å². The van der Waals surface area contributed by atoms with Crippen molar-refractivity contribution in [3.63, 3.8) is 0 Å². The second-order valence-corrected chi connectivity index (χ2v) is 8.57. The quantitative estimate of drug-likeness (QED) is 0.282. The Balaban J connectivity index is 1.73. The van der Waals surface area contributed by atoms with Crippen LogP contribution in [0, 0.1) is 6.92 Å². The molecule has 3 aromatic rings. The van der Waals surface area contributed by atoms with Crippen LogP contribution < -0.4 is 14.2 Å². The van der Waals surface area contributed by atoms with Crippen molar-refractivity contribution in [2.24, 2.45) is 0 Å².